The van der Waals surface area contributed by atoms with E-state index >= 15 is 0 Å². The first-order chi connectivity index (χ1) is 10.1. The van der Waals surface area contributed by atoms with Crippen LogP contribution in [0.2, 0.25) is 5.02 Å². The summed E-state index contributed by atoms with van der Waals surface area (Å²) in [5, 5.41) is 16.3. The molecule has 0 fully saturated rings. The Balaban J connectivity index is 2.67. The van der Waals surface area contributed by atoms with E-state index in [1.807, 2.05) is 6.07 Å². The van der Waals surface area contributed by atoms with Gasteiger partial charge < -0.3 is 0 Å². The van der Waals surface area contributed by atoms with Crippen molar-refractivity contribution >= 4 is 39.3 Å². The molecule has 22 heavy (non-hydrogen) atoms. The van der Waals surface area contributed by atoms with Crippen molar-refractivity contribution in [2.24, 2.45) is 16.0 Å². The second-order valence-electron chi connectivity index (χ2n) is 4.27. The lowest BCUT2D eigenvalue weighted by atomic mass is 9.98. The number of alkyl halides is 3. The molecule has 1 atom stereocenters. The van der Waals surface area contributed by atoms with Gasteiger partial charge in [-0.1, -0.05) is 27.5 Å². The van der Waals surface area contributed by atoms with Crippen LogP contribution in [0.25, 0.3) is 0 Å². The Morgan fingerprint density at radius 3 is 2.55 bits per heavy atom. The molecule has 0 spiro atoms. The summed E-state index contributed by atoms with van der Waals surface area (Å²) in [5.74, 6) is 0. The van der Waals surface area contributed by atoms with Crippen LogP contribution in [0.1, 0.15) is 11.1 Å². The van der Waals surface area contributed by atoms with Crippen LogP contribution in [0.15, 0.2) is 37.4 Å². The minimum Gasteiger partial charge on any atom is -0.297 e. The van der Waals surface area contributed by atoms with E-state index in [1.54, 1.807) is 6.26 Å². The number of nitriles is 1. The van der Waals surface area contributed by atoms with Gasteiger partial charge >= 0.3 is 6.18 Å². The van der Waals surface area contributed by atoms with Crippen LogP contribution in [0.5, 0.6) is 0 Å². The molecular weight excluding hydrogens is 405 g/mol. The van der Waals surface area contributed by atoms with Crippen LogP contribution in [0.4, 0.5) is 13.2 Å². The van der Waals surface area contributed by atoms with Gasteiger partial charge in [-0.05, 0) is 18.4 Å². The van der Waals surface area contributed by atoms with E-state index in [2.05, 4.69) is 26.2 Å². The molecule has 1 aromatic carbocycles. The van der Waals surface area contributed by atoms with Crippen molar-refractivity contribution in [1.29, 1.82) is 5.26 Å². The summed E-state index contributed by atoms with van der Waals surface area (Å²) in [6.07, 6.45) is -2.88. The number of benzene rings is 1. The third-order valence-electron chi connectivity index (χ3n) is 2.93. The SMILES string of the molecule is CSC1=C(C#N)N=NC1(N)c1c(Cl)cc(C(F)(F)F)cc1Br. The van der Waals surface area contributed by atoms with Crippen LogP contribution in [0, 0.1) is 11.3 Å². The van der Waals surface area contributed by atoms with Crippen molar-refractivity contribution in [3.05, 3.63) is 43.4 Å². The first kappa shape index (κ1) is 17.3. The summed E-state index contributed by atoms with van der Waals surface area (Å²) in [7, 11) is 0. The summed E-state index contributed by atoms with van der Waals surface area (Å²) in [4.78, 5) is 0.317. The molecule has 0 aliphatic carbocycles. The minimum atomic E-state index is -4.54. The molecule has 0 amide bonds. The molecule has 4 nitrogen and oxygen atoms in total. The number of thioether (sulfide) groups is 1. The highest BCUT2D eigenvalue weighted by Gasteiger charge is 2.43. The van der Waals surface area contributed by atoms with Crippen LogP contribution in [-0.2, 0) is 11.8 Å². The molecule has 1 aromatic rings. The Hall–Kier alpha value is -1.08. The maximum atomic E-state index is 12.8. The molecule has 1 unspecified atom stereocenters. The Bertz CT molecular complexity index is 718. The zero-order valence-corrected chi connectivity index (χ0v) is 14.0. The molecule has 2 N–H and O–H groups in total. The first-order valence-corrected chi connectivity index (χ1v) is 8.02. The van der Waals surface area contributed by atoms with Gasteiger partial charge in [0.1, 0.15) is 6.07 Å². The summed E-state index contributed by atoms with van der Waals surface area (Å²) >= 11 is 10.2. The lowest BCUT2D eigenvalue weighted by Crippen LogP contribution is -2.35. The predicted molar refractivity (Wildman–Crippen MR) is 81.0 cm³/mol. The number of halogens is 5. The quantitative estimate of drug-likeness (QED) is 0.760. The summed E-state index contributed by atoms with van der Waals surface area (Å²) in [6, 6.07) is 3.49. The normalized spacial score (nSPS) is 21.4. The second-order valence-corrected chi connectivity index (χ2v) is 6.35. The van der Waals surface area contributed by atoms with E-state index in [1.165, 1.54) is 0 Å². The van der Waals surface area contributed by atoms with Gasteiger partial charge in [-0.3, -0.25) is 5.73 Å². The van der Waals surface area contributed by atoms with Crippen LogP contribution < -0.4 is 5.73 Å². The summed E-state index contributed by atoms with van der Waals surface area (Å²) < 4.78 is 38.4. The third kappa shape index (κ3) is 2.76. The van der Waals surface area contributed by atoms with Gasteiger partial charge in [-0.2, -0.15) is 23.5 Å². The monoisotopic (exact) mass is 410 g/mol. The van der Waals surface area contributed by atoms with Crippen molar-refractivity contribution in [1.82, 2.24) is 0 Å². The predicted octanol–water partition coefficient (Wildman–Crippen LogP) is 4.80. The molecule has 1 heterocycles. The van der Waals surface area contributed by atoms with Gasteiger partial charge in [0.2, 0.25) is 0 Å². The zero-order chi connectivity index (χ0) is 16.7. The number of allylic oxidation sites excluding steroid dienone is 1. The van der Waals surface area contributed by atoms with Gasteiger partial charge in [0, 0.05) is 15.1 Å². The van der Waals surface area contributed by atoms with Crippen molar-refractivity contribution in [2.45, 2.75) is 11.8 Å². The van der Waals surface area contributed by atoms with E-state index in [0.717, 1.165) is 23.9 Å². The van der Waals surface area contributed by atoms with Gasteiger partial charge in [0.15, 0.2) is 11.4 Å². The van der Waals surface area contributed by atoms with E-state index in [-0.39, 0.29) is 20.8 Å². The molecule has 1 aliphatic rings. The largest absolute Gasteiger partial charge is 0.416 e. The smallest absolute Gasteiger partial charge is 0.297 e. The van der Waals surface area contributed by atoms with Crippen molar-refractivity contribution in [3.63, 3.8) is 0 Å². The molecule has 116 valence electrons. The highest BCUT2D eigenvalue weighted by Crippen LogP contribution is 2.48. The number of hydrogen-bond acceptors (Lipinski definition) is 5. The number of nitrogens with two attached hydrogens (primary N) is 1. The van der Waals surface area contributed by atoms with Crippen molar-refractivity contribution in [3.8, 4) is 6.07 Å². The number of nitrogens with zero attached hydrogens (tertiary/aromatic N) is 3. The standard InChI is InChI=1S/C12H7BrClF3N4S/c1-22-10-8(4-18)20-21-11(10,19)9-6(13)2-5(3-7(9)14)12(15,16)17/h2-3H,19H2,1H3. The molecule has 0 aromatic heterocycles. The maximum absolute atomic E-state index is 12.8. The van der Waals surface area contributed by atoms with E-state index in [9.17, 15) is 13.2 Å². The fourth-order valence-corrected chi connectivity index (χ4v) is 3.96. The molecular formula is C12H7BrClF3N4S. The average molecular weight is 412 g/mol. The lowest BCUT2D eigenvalue weighted by molar-refractivity contribution is -0.137. The third-order valence-corrected chi connectivity index (χ3v) is 4.77. The molecule has 1 aliphatic heterocycles. The zero-order valence-electron chi connectivity index (χ0n) is 10.9. The fourth-order valence-electron chi connectivity index (χ4n) is 1.99. The van der Waals surface area contributed by atoms with Gasteiger partial charge in [0.25, 0.3) is 0 Å². The minimum absolute atomic E-state index is 0.0119. The number of rotatable bonds is 2. The van der Waals surface area contributed by atoms with Gasteiger partial charge in [-0.25, -0.2) is 0 Å². The summed E-state index contributed by atoms with van der Waals surface area (Å²) in [5.41, 5.74) is 3.81. The number of hydrogen-bond donors (Lipinski definition) is 1. The van der Waals surface area contributed by atoms with Gasteiger partial charge in [-0.15, -0.1) is 16.9 Å². The van der Waals surface area contributed by atoms with Gasteiger partial charge in [0.05, 0.1) is 10.5 Å². The molecule has 0 saturated carbocycles. The topological polar surface area (TPSA) is 74.5 Å². The fraction of sp³-hybridized carbons (Fsp3) is 0.250. The van der Waals surface area contributed by atoms with Crippen LogP contribution in [0.3, 0.4) is 0 Å². The summed E-state index contributed by atoms with van der Waals surface area (Å²) in [6.45, 7) is 0. The Morgan fingerprint density at radius 1 is 1.45 bits per heavy atom. The highest BCUT2D eigenvalue weighted by atomic mass is 79.9. The first-order valence-electron chi connectivity index (χ1n) is 5.62. The maximum Gasteiger partial charge on any atom is 0.416 e. The van der Waals surface area contributed by atoms with Crippen LogP contribution in [-0.4, -0.2) is 6.26 Å². The molecule has 0 saturated heterocycles. The van der Waals surface area contributed by atoms with Crippen LogP contribution >= 0.6 is 39.3 Å². The van der Waals surface area contributed by atoms with Crippen molar-refractivity contribution < 1.29 is 13.2 Å². The molecule has 10 heteroatoms. The molecule has 0 bridgehead atoms. The number of azo groups is 1. The Morgan fingerprint density at radius 2 is 2.09 bits per heavy atom. The van der Waals surface area contributed by atoms with E-state index in [4.69, 9.17) is 22.6 Å². The van der Waals surface area contributed by atoms with E-state index < -0.39 is 17.4 Å². The molecule has 0 radical (unpaired) electrons. The second kappa shape index (κ2) is 5.85. The lowest BCUT2D eigenvalue weighted by Gasteiger charge is -2.25. The Kier molecular flexibility index (Phi) is 4.59. The molecule has 2 rings (SSSR count). The van der Waals surface area contributed by atoms with E-state index in [0.29, 0.717) is 4.91 Å². The average Bonchev–Trinajstić information content (AvgIpc) is 2.73. The van der Waals surface area contributed by atoms with Crippen molar-refractivity contribution in [2.75, 3.05) is 6.26 Å². The Labute approximate surface area is 141 Å². The highest BCUT2D eigenvalue weighted by molar-refractivity contribution is 9.10.